The molecular weight excluding hydrogens is 1130 g/mol. The third-order valence-electron chi connectivity index (χ3n) is 17.6. The number of nitrogens with zero attached hydrogens (tertiary/aromatic N) is 3. The minimum absolute atomic E-state index is 0. The molecule has 0 N–H and O–H groups in total. The van der Waals surface area contributed by atoms with E-state index < -0.39 is 16.4 Å². The van der Waals surface area contributed by atoms with E-state index in [9.17, 15) is 0 Å². The molecule has 0 unspecified atom stereocenters. The van der Waals surface area contributed by atoms with E-state index in [1.807, 2.05) is 6.20 Å². The number of aromatic nitrogens is 1. The Hall–Kier alpha value is -7.84. The number of fused-ring (bicyclic) bond motifs is 9. The average molecular weight is 1190 g/mol. The van der Waals surface area contributed by atoms with Gasteiger partial charge in [-0.15, -0.1) is 22.3 Å². The molecule has 3 aliphatic carbocycles. The second-order valence-electron chi connectivity index (χ2n) is 22.6. The zero-order chi connectivity index (χ0) is 52.7. The van der Waals surface area contributed by atoms with Gasteiger partial charge in [-0.1, -0.05) is 161 Å². The van der Waals surface area contributed by atoms with Crippen molar-refractivity contribution in [2.24, 2.45) is 0 Å². The van der Waals surface area contributed by atoms with Crippen molar-refractivity contribution in [1.29, 1.82) is 0 Å². The molecule has 0 saturated heterocycles. The summed E-state index contributed by atoms with van der Waals surface area (Å²) in [7, 11) is 2.12. The maximum atomic E-state index is 5.50. The molecule has 14 rings (SSSR count). The van der Waals surface area contributed by atoms with E-state index in [2.05, 4.69) is 279 Å². The summed E-state index contributed by atoms with van der Waals surface area (Å²) in [5, 5.41) is 0. The maximum absolute atomic E-state index is 5.50. The smallest absolute Gasteiger partial charge is 0.0686 e. The van der Waals surface area contributed by atoms with Crippen LogP contribution in [0.1, 0.15) is 106 Å². The van der Waals surface area contributed by atoms with Crippen molar-refractivity contribution in [3.05, 3.63) is 319 Å². The summed E-state index contributed by atoms with van der Waals surface area (Å²) < 4.78 is 0. The summed E-state index contributed by atoms with van der Waals surface area (Å²) in [5.74, 6) is 0. The van der Waals surface area contributed by atoms with E-state index in [-0.39, 0.29) is 21.1 Å². The average Bonchev–Trinajstić information content (AvgIpc) is 4.35. The fraction of sp³-hybridized carbons (Fsp3) is 0.162. The quantitative estimate of drug-likeness (QED) is 0.148. The summed E-state index contributed by atoms with van der Waals surface area (Å²) in [6.07, 6.45) is 6.42. The Labute approximate surface area is 475 Å². The van der Waals surface area contributed by atoms with Crippen molar-refractivity contribution in [2.75, 3.05) is 7.05 Å². The Morgan fingerprint density at radius 3 is 1.21 bits per heavy atom. The minimum atomic E-state index is -0.842. The molecule has 0 radical (unpaired) electrons. The molecular formula is C74H60N3Pt-3. The van der Waals surface area contributed by atoms with E-state index in [0.717, 1.165) is 33.5 Å². The molecule has 4 aliphatic rings. The molecule has 1 aliphatic heterocycles. The number of hydrogen-bond acceptors (Lipinski definition) is 3. The fourth-order valence-corrected chi connectivity index (χ4v) is 14.3. The Morgan fingerprint density at radius 2 is 0.769 bits per heavy atom. The van der Waals surface area contributed by atoms with Crippen LogP contribution in [-0.2, 0) is 37.4 Å². The van der Waals surface area contributed by atoms with Crippen molar-refractivity contribution in [3.63, 3.8) is 0 Å². The predicted octanol–water partition coefficient (Wildman–Crippen LogP) is 16.7. The van der Waals surface area contributed by atoms with Crippen molar-refractivity contribution in [1.82, 2.24) is 14.8 Å². The number of hydrogen-bond donors (Lipinski definition) is 0. The van der Waals surface area contributed by atoms with Crippen LogP contribution >= 0.6 is 0 Å². The minimum Gasteiger partial charge on any atom is -0.511 e. The van der Waals surface area contributed by atoms with E-state index in [1.54, 1.807) is 0 Å². The SMILES string of the molecule is Cc1ccc2c(c1)-c1cc(C)ccc1C2(c1[c-]c(C2(c3cc(-c4c(C)cccc4C)ccn3)c3ccc(C)cc3-c3cc(C)ccc32)ccc1)c1[c-]c(C2(N3C=CN(C)[CH-]3)c3ccc(C)cc3-c3cc(C)ccc32)ccc1.[Pt]. The Balaban J connectivity index is 0.00000579. The van der Waals surface area contributed by atoms with E-state index >= 15 is 0 Å². The molecule has 1 aromatic heterocycles. The molecule has 384 valence electrons. The fourth-order valence-electron chi connectivity index (χ4n) is 14.3. The molecule has 0 amide bonds. The Kier molecular flexibility index (Phi) is 11.5. The number of pyridine rings is 1. The van der Waals surface area contributed by atoms with Gasteiger partial charge in [-0.2, -0.15) is 55.2 Å². The zero-order valence-corrected chi connectivity index (χ0v) is 48.0. The second kappa shape index (κ2) is 18.1. The van der Waals surface area contributed by atoms with Gasteiger partial charge in [0.2, 0.25) is 0 Å². The Bertz CT molecular complexity index is 4000. The first-order chi connectivity index (χ1) is 37.3. The van der Waals surface area contributed by atoms with Crippen LogP contribution in [0.25, 0.3) is 44.5 Å². The summed E-state index contributed by atoms with van der Waals surface area (Å²) in [4.78, 5) is 10.1. The third kappa shape index (κ3) is 6.89. The Morgan fingerprint density at radius 1 is 0.397 bits per heavy atom. The second-order valence-corrected chi connectivity index (χ2v) is 22.6. The first-order valence-electron chi connectivity index (χ1n) is 27.1. The van der Waals surface area contributed by atoms with Gasteiger partial charge >= 0.3 is 0 Å². The molecule has 0 fully saturated rings. The zero-order valence-electron chi connectivity index (χ0n) is 45.7. The monoisotopic (exact) mass is 1190 g/mol. The van der Waals surface area contributed by atoms with E-state index in [0.29, 0.717) is 0 Å². The van der Waals surface area contributed by atoms with Crippen LogP contribution in [0.4, 0.5) is 0 Å². The summed E-state index contributed by atoms with van der Waals surface area (Å²) >= 11 is 0. The maximum Gasteiger partial charge on any atom is 0.0686 e. The van der Waals surface area contributed by atoms with Gasteiger partial charge < -0.3 is 9.80 Å². The van der Waals surface area contributed by atoms with E-state index in [1.165, 1.54) is 117 Å². The topological polar surface area (TPSA) is 19.4 Å². The van der Waals surface area contributed by atoms with Crippen LogP contribution in [0.5, 0.6) is 0 Å². The molecule has 2 heterocycles. The van der Waals surface area contributed by atoms with Gasteiger partial charge in [-0.25, -0.2) is 0 Å². The molecule has 3 nitrogen and oxygen atoms in total. The first kappa shape index (κ1) is 49.7. The molecule has 78 heavy (non-hydrogen) atoms. The van der Waals surface area contributed by atoms with Crippen molar-refractivity contribution in [2.45, 2.75) is 71.8 Å². The van der Waals surface area contributed by atoms with Crippen molar-refractivity contribution < 1.29 is 21.1 Å². The molecule has 0 atom stereocenters. The van der Waals surface area contributed by atoms with Crippen LogP contribution in [0, 0.1) is 74.2 Å². The van der Waals surface area contributed by atoms with Crippen LogP contribution in [-0.4, -0.2) is 21.8 Å². The molecule has 0 spiro atoms. The molecule has 4 heteroatoms. The summed E-state index contributed by atoms with van der Waals surface area (Å²) in [5.41, 5.74) is 30.0. The molecule has 10 aromatic rings. The largest absolute Gasteiger partial charge is 0.511 e. The normalized spacial score (nSPS) is 15.3. The van der Waals surface area contributed by atoms with Crippen molar-refractivity contribution >= 4 is 0 Å². The van der Waals surface area contributed by atoms with Gasteiger partial charge in [0.15, 0.2) is 0 Å². The number of rotatable bonds is 7. The molecule has 0 saturated carbocycles. The van der Waals surface area contributed by atoms with Gasteiger partial charge in [0.25, 0.3) is 0 Å². The number of aryl methyl sites for hydroxylation is 8. The molecule has 9 aromatic carbocycles. The third-order valence-corrected chi connectivity index (χ3v) is 17.6. The van der Waals surface area contributed by atoms with Crippen LogP contribution < -0.4 is 0 Å². The van der Waals surface area contributed by atoms with Crippen LogP contribution in [0.15, 0.2) is 195 Å². The number of benzene rings is 9. The van der Waals surface area contributed by atoms with Gasteiger partial charge in [0.1, 0.15) is 0 Å². The predicted molar refractivity (Wildman–Crippen MR) is 315 cm³/mol. The first-order valence-corrected chi connectivity index (χ1v) is 27.1. The standard InChI is InChI=1S/C74H60N3.Pt/c1-45-19-25-64-58(35-45)59-36-46(2)20-26-65(59)72(64,55-16-12-18-57(43-55)74(77-34-33-76(9)44-77)68-29-23-49(5)39-62(68)63-40-50(6)24-30-69(63)74)54-15-11-17-56(42-54)73(70-41-53(31-32-75-70)71-51(7)13-10-14-52(71)8)66-27-21-47(3)37-60(66)61-38-48(4)22-28-67(61)73;/h10-41,44H,1-9H3;/q-3;. The van der Waals surface area contributed by atoms with Crippen molar-refractivity contribution in [3.8, 4) is 44.5 Å². The summed E-state index contributed by atoms with van der Waals surface area (Å²) in [6.45, 7) is 19.9. The van der Waals surface area contributed by atoms with Gasteiger partial charge in [-0.05, 0) is 176 Å². The molecule has 0 bridgehead atoms. The van der Waals surface area contributed by atoms with Gasteiger partial charge in [0.05, 0.1) is 16.6 Å². The summed E-state index contributed by atoms with van der Waals surface area (Å²) in [6, 6.07) is 76.1. The van der Waals surface area contributed by atoms with Gasteiger partial charge in [0, 0.05) is 32.7 Å². The van der Waals surface area contributed by atoms with Gasteiger partial charge in [-0.3, -0.25) is 4.98 Å². The van der Waals surface area contributed by atoms with Crippen LogP contribution in [0.2, 0.25) is 0 Å². The van der Waals surface area contributed by atoms with E-state index in [4.69, 9.17) is 4.98 Å². The van der Waals surface area contributed by atoms with Crippen LogP contribution in [0.3, 0.4) is 0 Å².